The molecule has 0 aliphatic heterocycles. The van der Waals surface area contributed by atoms with Crippen molar-refractivity contribution in [2.75, 3.05) is 47.5 Å². The number of carbonyl (C=O) groups excluding carboxylic acids is 2. The number of ether oxygens (including phenoxy) is 2. The van der Waals surface area contributed by atoms with Gasteiger partial charge in [0.05, 0.1) is 27.7 Å². The van der Waals surface area contributed by atoms with Gasteiger partial charge >= 0.3 is 11.9 Å². The molecular formula is C43H82NO8P. The third-order valence-electron chi connectivity index (χ3n) is 9.22. The van der Waals surface area contributed by atoms with Crippen LogP contribution in [0.1, 0.15) is 187 Å². The van der Waals surface area contributed by atoms with Crippen molar-refractivity contribution < 1.29 is 42.1 Å². The Morgan fingerprint density at radius 3 is 1.53 bits per heavy atom. The molecular weight excluding hydrogens is 689 g/mol. The zero-order valence-electron chi connectivity index (χ0n) is 35.0. The van der Waals surface area contributed by atoms with Gasteiger partial charge in [-0.1, -0.05) is 154 Å². The Labute approximate surface area is 326 Å². The second-order valence-corrected chi connectivity index (χ2v) is 17.1. The van der Waals surface area contributed by atoms with Crippen molar-refractivity contribution in [2.45, 2.75) is 193 Å². The van der Waals surface area contributed by atoms with Crippen molar-refractivity contribution >= 4 is 19.8 Å². The first-order valence-electron chi connectivity index (χ1n) is 21.5. The highest BCUT2D eigenvalue weighted by Gasteiger charge is 2.21. The topological polar surface area (TPSA) is 111 Å². The normalized spacial score (nSPS) is 13.8. The quantitative estimate of drug-likeness (QED) is 0.0200. The first-order valence-corrected chi connectivity index (χ1v) is 23.0. The van der Waals surface area contributed by atoms with E-state index < -0.39 is 26.5 Å². The number of hydrogen-bond donors (Lipinski definition) is 0. The summed E-state index contributed by atoms with van der Waals surface area (Å²) in [4.78, 5) is 37.5. The van der Waals surface area contributed by atoms with Crippen molar-refractivity contribution in [1.29, 1.82) is 0 Å². The first-order chi connectivity index (χ1) is 25.5. The predicted octanol–water partition coefficient (Wildman–Crippen LogP) is 11.3. The Morgan fingerprint density at radius 1 is 0.585 bits per heavy atom. The molecule has 53 heavy (non-hydrogen) atoms. The van der Waals surface area contributed by atoms with Crippen LogP contribution in [0.4, 0.5) is 0 Å². The second kappa shape index (κ2) is 36.1. The van der Waals surface area contributed by atoms with Gasteiger partial charge in [-0.25, -0.2) is 0 Å². The Balaban J connectivity index is 4.39. The van der Waals surface area contributed by atoms with E-state index in [2.05, 4.69) is 38.2 Å². The highest BCUT2D eigenvalue weighted by atomic mass is 31.2. The van der Waals surface area contributed by atoms with Gasteiger partial charge < -0.3 is 27.9 Å². The van der Waals surface area contributed by atoms with Crippen LogP contribution in [0.3, 0.4) is 0 Å². The van der Waals surface area contributed by atoms with Gasteiger partial charge in [-0.3, -0.25) is 14.2 Å². The fraction of sp³-hybridized carbons (Fsp3) is 0.860. The number of carbonyl (C=O) groups is 2. The molecule has 0 aliphatic rings. The van der Waals surface area contributed by atoms with Crippen LogP contribution in [0.25, 0.3) is 0 Å². The Bertz CT molecular complexity index is 964. The Hall–Kier alpha value is -1.51. The molecule has 0 amide bonds. The maximum atomic E-state index is 12.6. The van der Waals surface area contributed by atoms with E-state index in [9.17, 15) is 19.0 Å². The van der Waals surface area contributed by atoms with Gasteiger partial charge in [0.2, 0.25) is 0 Å². The van der Waals surface area contributed by atoms with Crippen molar-refractivity contribution in [3.8, 4) is 0 Å². The van der Waals surface area contributed by atoms with Gasteiger partial charge in [-0.15, -0.1) is 0 Å². The Kier molecular flexibility index (Phi) is 35.1. The van der Waals surface area contributed by atoms with E-state index in [1.165, 1.54) is 96.3 Å². The lowest BCUT2D eigenvalue weighted by molar-refractivity contribution is -0.870. The SMILES string of the molecule is CCCCC/C=C\C/C=C\CCCCCCCC(=O)OC(COC(=O)CCCCCCCCCCCCCCCC)COP(=O)([O-])OCC[N+](C)(C)C. The highest BCUT2D eigenvalue weighted by molar-refractivity contribution is 7.45. The fourth-order valence-corrected chi connectivity index (χ4v) is 6.53. The van der Waals surface area contributed by atoms with Crippen LogP contribution in [0.15, 0.2) is 24.3 Å². The lowest BCUT2D eigenvalue weighted by atomic mass is 10.0. The molecule has 10 heteroatoms. The van der Waals surface area contributed by atoms with Gasteiger partial charge in [-0.05, 0) is 44.9 Å². The van der Waals surface area contributed by atoms with Crippen molar-refractivity contribution in [3.63, 3.8) is 0 Å². The highest BCUT2D eigenvalue weighted by Crippen LogP contribution is 2.38. The summed E-state index contributed by atoms with van der Waals surface area (Å²) in [5.74, 6) is -0.845. The Morgan fingerprint density at radius 2 is 1.02 bits per heavy atom. The summed E-state index contributed by atoms with van der Waals surface area (Å²) in [5, 5.41) is 0. The third-order valence-corrected chi connectivity index (χ3v) is 10.2. The van der Waals surface area contributed by atoms with Gasteiger partial charge in [0, 0.05) is 12.8 Å². The first kappa shape index (κ1) is 51.5. The second-order valence-electron chi connectivity index (χ2n) is 15.7. The lowest BCUT2D eigenvalue weighted by Crippen LogP contribution is -2.37. The lowest BCUT2D eigenvalue weighted by Gasteiger charge is -2.28. The molecule has 2 unspecified atom stereocenters. The van der Waals surface area contributed by atoms with Crippen LogP contribution in [-0.4, -0.2) is 70.0 Å². The summed E-state index contributed by atoms with van der Waals surface area (Å²) in [6, 6.07) is 0. The monoisotopic (exact) mass is 772 g/mol. The number of nitrogens with zero attached hydrogens (tertiary/aromatic N) is 1. The molecule has 0 rings (SSSR count). The molecule has 0 spiro atoms. The van der Waals surface area contributed by atoms with E-state index in [0.29, 0.717) is 17.4 Å². The molecule has 0 saturated carbocycles. The molecule has 0 heterocycles. The number of hydrogen-bond acceptors (Lipinski definition) is 8. The number of quaternary nitrogens is 1. The summed E-state index contributed by atoms with van der Waals surface area (Å²) in [6.07, 6.45) is 37.7. The largest absolute Gasteiger partial charge is 0.756 e. The maximum Gasteiger partial charge on any atom is 0.306 e. The number of phosphoric ester groups is 1. The molecule has 0 radical (unpaired) electrons. The van der Waals surface area contributed by atoms with Gasteiger partial charge in [-0.2, -0.15) is 0 Å². The van der Waals surface area contributed by atoms with E-state index in [1.54, 1.807) is 0 Å². The molecule has 0 bridgehead atoms. The predicted molar refractivity (Wildman–Crippen MR) is 218 cm³/mol. The van der Waals surface area contributed by atoms with Crippen molar-refractivity contribution in [2.24, 2.45) is 0 Å². The summed E-state index contributed by atoms with van der Waals surface area (Å²) in [7, 11) is 1.16. The summed E-state index contributed by atoms with van der Waals surface area (Å²) in [5.41, 5.74) is 0. The molecule has 0 saturated heterocycles. The maximum absolute atomic E-state index is 12.6. The van der Waals surface area contributed by atoms with Crippen molar-refractivity contribution in [1.82, 2.24) is 0 Å². The van der Waals surface area contributed by atoms with E-state index in [4.69, 9.17) is 18.5 Å². The minimum absolute atomic E-state index is 0.0320. The minimum atomic E-state index is -4.62. The average Bonchev–Trinajstić information content (AvgIpc) is 3.10. The molecule has 312 valence electrons. The molecule has 0 aliphatic carbocycles. The van der Waals surface area contributed by atoms with Gasteiger partial charge in [0.15, 0.2) is 6.10 Å². The van der Waals surface area contributed by atoms with Crippen LogP contribution < -0.4 is 4.89 Å². The summed E-state index contributed by atoms with van der Waals surface area (Å²) >= 11 is 0. The van der Waals surface area contributed by atoms with Crippen LogP contribution in [0, 0.1) is 0 Å². The number of phosphoric acid groups is 1. The zero-order chi connectivity index (χ0) is 39.3. The molecule has 0 aromatic carbocycles. The number of allylic oxidation sites excluding steroid dienone is 4. The van der Waals surface area contributed by atoms with Gasteiger partial charge in [0.1, 0.15) is 19.8 Å². The standard InChI is InChI=1S/C43H82NO8P/c1-6-8-10-12-14-16-18-20-22-24-26-28-30-32-34-36-43(46)52-41(40-51-53(47,48)50-38-37-44(3,4)5)39-49-42(45)35-33-31-29-27-25-23-21-19-17-15-13-11-9-7-2/h14,16,20,22,41H,6-13,15,17-19,21,23-40H2,1-5H3/b16-14-,22-20-. The number of esters is 2. The average molecular weight is 772 g/mol. The molecule has 0 fully saturated rings. The van der Waals surface area contributed by atoms with E-state index in [0.717, 1.165) is 57.8 Å². The van der Waals surface area contributed by atoms with Crippen LogP contribution >= 0.6 is 7.82 Å². The molecule has 0 aromatic rings. The summed E-state index contributed by atoms with van der Waals surface area (Å²) in [6.45, 7) is 4.19. The molecule has 0 N–H and O–H groups in total. The van der Waals surface area contributed by atoms with Gasteiger partial charge in [0.25, 0.3) is 7.82 Å². The number of likely N-dealkylation sites (N-methyl/N-ethyl adjacent to an activating group) is 1. The third kappa shape index (κ3) is 40.0. The van der Waals surface area contributed by atoms with Crippen LogP contribution in [-0.2, 0) is 32.7 Å². The van der Waals surface area contributed by atoms with E-state index in [-0.39, 0.29) is 32.0 Å². The van der Waals surface area contributed by atoms with Crippen molar-refractivity contribution in [3.05, 3.63) is 24.3 Å². The van der Waals surface area contributed by atoms with E-state index >= 15 is 0 Å². The van der Waals surface area contributed by atoms with E-state index in [1.807, 2.05) is 21.1 Å². The minimum Gasteiger partial charge on any atom is -0.756 e. The summed E-state index contributed by atoms with van der Waals surface area (Å²) < 4.78 is 33.9. The molecule has 0 aromatic heterocycles. The number of rotatable bonds is 39. The molecule has 9 nitrogen and oxygen atoms in total. The molecule has 2 atom stereocenters. The zero-order valence-corrected chi connectivity index (χ0v) is 35.9. The van der Waals surface area contributed by atoms with Crippen LogP contribution in [0.5, 0.6) is 0 Å². The van der Waals surface area contributed by atoms with Crippen LogP contribution in [0.2, 0.25) is 0 Å². The fourth-order valence-electron chi connectivity index (χ4n) is 5.80. The smallest absolute Gasteiger partial charge is 0.306 e. The number of unbranched alkanes of at least 4 members (excludes halogenated alkanes) is 21.